The maximum absolute atomic E-state index is 3.92. The Morgan fingerprint density at radius 1 is 1.00 bits per heavy atom. The zero-order chi connectivity index (χ0) is 11.3. The van der Waals surface area contributed by atoms with Crippen LogP contribution in [0.4, 0.5) is 0 Å². The van der Waals surface area contributed by atoms with E-state index in [-0.39, 0.29) is 9.84 Å². The van der Waals surface area contributed by atoms with Crippen LogP contribution in [0.3, 0.4) is 0 Å². The maximum Gasteiger partial charge on any atom is 0.156 e. The van der Waals surface area contributed by atoms with Gasteiger partial charge in [0, 0.05) is 6.04 Å². The van der Waals surface area contributed by atoms with Crippen LogP contribution >= 0.6 is 0 Å². The van der Waals surface area contributed by atoms with Crippen LogP contribution in [0, 0.1) is 0 Å². The van der Waals surface area contributed by atoms with Gasteiger partial charge in [0.05, 0.1) is 17.9 Å². The Kier molecular flexibility index (Phi) is 6.37. The standard InChI is InChI=1S/C10H28N2Si3/c1-14(2)12(15(3)4)13-11-10-8-6-5-7-9-10/h10-11,14-15H,5-9,13H2,1-4H3. The van der Waals surface area contributed by atoms with Crippen molar-refractivity contribution in [3.63, 3.8) is 0 Å². The molecule has 1 aliphatic rings. The fourth-order valence-corrected chi connectivity index (χ4v) is 11.7. The van der Waals surface area contributed by atoms with Crippen LogP contribution in [0.25, 0.3) is 0 Å². The van der Waals surface area contributed by atoms with Crippen molar-refractivity contribution < 1.29 is 0 Å². The zero-order valence-corrected chi connectivity index (χ0v) is 14.6. The molecule has 0 atom stereocenters. The van der Waals surface area contributed by atoms with Crippen LogP contribution in [0.5, 0.6) is 0 Å². The van der Waals surface area contributed by atoms with Crippen molar-refractivity contribution in [1.29, 1.82) is 0 Å². The summed E-state index contributed by atoms with van der Waals surface area (Å²) >= 11 is 0. The molecule has 1 N–H and O–H groups in total. The predicted octanol–water partition coefficient (Wildman–Crippen LogP) is 1.18. The van der Waals surface area contributed by atoms with E-state index in [4.69, 9.17) is 0 Å². The maximum atomic E-state index is 3.92. The average Bonchev–Trinajstić information content (AvgIpc) is 2.18. The smallest absolute Gasteiger partial charge is 0.156 e. The van der Waals surface area contributed by atoms with Crippen molar-refractivity contribution in [2.75, 3.05) is 0 Å². The third-order valence-electron chi connectivity index (χ3n) is 3.49. The molecule has 1 saturated carbocycles. The second kappa shape index (κ2) is 7.01. The molecule has 1 aliphatic carbocycles. The fraction of sp³-hybridized carbons (Fsp3) is 1.00. The predicted molar refractivity (Wildman–Crippen MR) is 78.1 cm³/mol. The first-order chi connectivity index (χ1) is 7.11. The summed E-state index contributed by atoms with van der Waals surface area (Å²) in [7, 11) is -1.15. The molecular formula is C10H28N2Si3. The number of hydrogen-bond acceptors (Lipinski definition) is 2. The van der Waals surface area contributed by atoms with Crippen molar-refractivity contribution in [2.24, 2.45) is 0 Å². The van der Waals surface area contributed by atoms with E-state index in [9.17, 15) is 0 Å². The van der Waals surface area contributed by atoms with Crippen molar-refractivity contribution in [2.45, 2.75) is 64.3 Å². The summed E-state index contributed by atoms with van der Waals surface area (Å²) in [6.07, 6.45) is 7.29. The Balaban J connectivity index is 2.26. The summed E-state index contributed by atoms with van der Waals surface area (Å²) in [6, 6.07) is 0.883. The highest BCUT2D eigenvalue weighted by Gasteiger charge is 2.18. The molecule has 0 aromatic carbocycles. The van der Waals surface area contributed by atoms with Gasteiger partial charge in [0.1, 0.15) is 0 Å². The minimum absolute atomic E-state index is 0.108. The minimum atomic E-state index is -0.521. The summed E-state index contributed by atoms with van der Waals surface area (Å²) < 4.78 is 2.94. The number of hydrogen-bond donors (Lipinski definition) is 1. The van der Waals surface area contributed by atoms with Crippen LogP contribution < -0.4 is 4.98 Å². The topological polar surface area (TPSA) is 15.3 Å². The number of rotatable bonds is 5. The van der Waals surface area contributed by atoms with Gasteiger partial charge in [0.15, 0.2) is 9.84 Å². The lowest BCUT2D eigenvalue weighted by Gasteiger charge is -2.32. The Labute approximate surface area is 101 Å². The Hall–Kier alpha value is 0.571. The molecule has 15 heavy (non-hydrogen) atoms. The third-order valence-corrected chi connectivity index (χ3v) is 16.3. The molecule has 0 radical (unpaired) electrons. The van der Waals surface area contributed by atoms with Gasteiger partial charge in [-0.25, -0.2) is 0 Å². The fourth-order valence-electron chi connectivity index (χ4n) is 2.50. The Bertz CT molecular complexity index is 162. The van der Waals surface area contributed by atoms with E-state index in [1.165, 1.54) is 32.1 Å². The second-order valence-electron chi connectivity index (χ2n) is 5.40. The number of nitrogens with one attached hydrogen (secondary N) is 1. The van der Waals surface area contributed by atoms with Gasteiger partial charge >= 0.3 is 0 Å². The van der Waals surface area contributed by atoms with Crippen LogP contribution in [0.2, 0.25) is 26.2 Å². The quantitative estimate of drug-likeness (QED) is 0.747. The van der Waals surface area contributed by atoms with Gasteiger partial charge in [-0.3, -0.25) is 0 Å². The van der Waals surface area contributed by atoms with Gasteiger partial charge in [-0.2, -0.15) is 0 Å². The van der Waals surface area contributed by atoms with Crippen LogP contribution in [0.1, 0.15) is 32.1 Å². The first-order valence-electron chi connectivity index (χ1n) is 6.60. The molecule has 0 saturated heterocycles. The van der Waals surface area contributed by atoms with E-state index in [0.717, 1.165) is 6.04 Å². The summed E-state index contributed by atoms with van der Waals surface area (Å²) in [6.45, 7) is 9.95. The van der Waals surface area contributed by atoms with E-state index in [2.05, 4.69) is 35.1 Å². The van der Waals surface area contributed by atoms with Crippen molar-refractivity contribution in [1.82, 2.24) is 8.88 Å². The molecule has 0 aromatic heterocycles. The molecule has 90 valence electrons. The highest BCUT2D eigenvalue weighted by Crippen LogP contribution is 2.17. The molecule has 5 heteroatoms. The SMILES string of the molecule is C[SiH](C)N([SiH2]NC1CCCCC1)[SiH](C)C. The van der Waals surface area contributed by atoms with Crippen molar-refractivity contribution in [3.8, 4) is 0 Å². The molecule has 0 aliphatic heterocycles. The lowest BCUT2D eigenvalue weighted by atomic mass is 9.96. The molecule has 1 rings (SSSR count). The molecule has 0 unspecified atom stereocenters. The van der Waals surface area contributed by atoms with E-state index in [1.807, 2.05) is 0 Å². The molecule has 0 spiro atoms. The van der Waals surface area contributed by atoms with Gasteiger partial charge in [-0.15, -0.1) is 0 Å². The molecule has 0 bridgehead atoms. The van der Waals surface area contributed by atoms with E-state index in [0.29, 0.717) is 0 Å². The van der Waals surface area contributed by atoms with Gasteiger partial charge < -0.3 is 8.88 Å². The highest BCUT2D eigenvalue weighted by molar-refractivity contribution is 6.79. The second-order valence-corrected chi connectivity index (χ2v) is 14.6. The summed E-state index contributed by atoms with van der Waals surface area (Å²) in [4.78, 5) is 3.92. The zero-order valence-electron chi connectivity index (χ0n) is 10.9. The lowest BCUT2D eigenvalue weighted by molar-refractivity contribution is 0.416. The molecule has 2 nitrogen and oxygen atoms in total. The Morgan fingerprint density at radius 2 is 1.53 bits per heavy atom. The first kappa shape index (κ1) is 13.6. The van der Waals surface area contributed by atoms with Gasteiger partial charge in [0.2, 0.25) is 0 Å². The van der Waals surface area contributed by atoms with Crippen molar-refractivity contribution >= 4 is 27.8 Å². The summed E-state index contributed by atoms with van der Waals surface area (Å²) in [5.74, 6) is 0. The summed E-state index contributed by atoms with van der Waals surface area (Å²) in [5, 5.41) is 0. The summed E-state index contributed by atoms with van der Waals surface area (Å²) in [5.41, 5.74) is 0. The largest absolute Gasteiger partial charge is 0.366 e. The molecule has 0 amide bonds. The van der Waals surface area contributed by atoms with Gasteiger partial charge in [-0.1, -0.05) is 45.5 Å². The Morgan fingerprint density at radius 3 is 2.00 bits per heavy atom. The van der Waals surface area contributed by atoms with E-state index in [1.54, 1.807) is 0 Å². The van der Waals surface area contributed by atoms with Gasteiger partial charge in [-0.05, 0) is 12.8 Å². The van der Waals surface area contributed by atoms with E-state index >= 15 is 0 Å². The molecule has 0 heterocycles. The molecule has 0 aromatic rings. The normalized spacial score (nSPS) is 20.2. The van der Waals surface area contributed by atoms with Crippen LogP contribution in [-0.2, 0) is 0 Å². The van der Waals surface area contributed by atoms with Crippen molar-refractivity contribution in [3.05, 3.63) is 0 Å². The molecule has 1 fully saturated rings. The molecular weight excluding hydrogens is 232 g/mol. The lowest BCUT2D eigenvalue weighted by Crippen LogP contribution is -2.53. The highest BCUT2D eigenvalue weighted by atomic mass is 28.4. The monoisotopic (exact) mass is 260 g/mol. The number of nitrogens with zero attached hydrogens (tertiary/aromatic N) is 1. The van der Waals surface area contributed by atoms with E-state index < -0.39 is 17.9 Å². The first-order valence-corrected chi connectivity index (χ1v) is 13.6. The average molecular weight is 261 g/mol. The third kappa shape index (κ3) is 4.95. The van der Waals surface area contributed by atoms with Gasteiger partial charge in [0.25, 0.3) is 0 Å². The van der Waals surface area contributed by atoms with Crippen LogP contribution in [-0.4, -0.2) is 37.7 Å². The minimum Gasteiger partial charge on any atom is -0.366 e. The van der Waals surface area contributed by atoms with Crippen LogP contribution in [0.15, 0.2) is 0 Å².